The summed E-state index contributed by atoms with van der Waals surface area (Å²) in [7, 11) is 0. The zero-order chi connectivity index (χ0) is 14.5. The second-order valence-corrected chi connectivity index (χ2v) is 4.51. The van der Waals surface area contributed by atoms with Crippen molar-refractivity contribution in [2.45, 2.75) is 52.0 Å². The molecule has 0 aromatic carbocycles. The molecule has 1 aliphatic heterocycles. The van der Waals surface area contributed by atoms with Gasteiger partial charge in [0.05, 0.1) is 0 Å². The summed E-state index contributed by atoms with van der Waals surface area (Å²) >= 11 is 5.38. The van der Waals surface area contributed by atoms with Gasteiger partial charge in [-0.05, 0) is 32.7 Å². The number of carbonyl (C=O) groups is 2. The van der Waals surface area contributed by atoms with Crippen molar-refractivity contribution in [2.24, 2.45) is 0 Å². The number of nitrogens with one attached hydrogen (secondary N) is 1. The lowest BCUT2D eigenvalue weighted by Gasteiger charge is -2.05. The normalized spacial score (nSPS) is 16.7. The van der Waals surface area contributed by atoms with E-state index in [2.05, 4.69) is 28.8 Å². The molecule has 1 saturated heterocycles. The predicted octanol–water partition coefficient (Wildman–Crippen LogP) is 2.25. The number of hydrogen-bond acceptors (Lipinski definition) is 4. The lowest BCUT2D eigenvalue weighted by Crippen LogP contribution is -2.33. The zero-order valence-corrected chi connectivity index (χ0v) is 12.4. The maximum Gasteiger partial charge on any atom is 0.392 e. The Bertz CT molecular complexity index is 323. The Balaban J connectivity index is 0.000000459. The van der Waals surface area contributed by atoms with Crippen molar-refractivity contribution in [1.82, 2.24) is 5.32 Å². The number of unbranched alkanes of at least 4 members (excludes halogenated alkanes) is 2. The van der Waals surface area contributed by atoms with E-state index in [9.17, 15) is 9.59 Å². The zero-order valence-electron chi connectivity index (χ0n) is 11.6. The molecule has 0 aromatic heterocycles. The first kappa shape index (κ1) is 17.9. The lowest BCUT2D eigenvalue weighted by atomic mass is 10.2. The first-order valence-corrected chi connectivity index (χ1v) is 7.16. The largest absolute Gasteiger partial charge is 0.392 e. The maximum atomic E-state index is 11.2. The highest BCUT2D eigenvalue weighted by molar-refractivity contribution is 6.17. The summed E-state index contributed by atoms with van der Waals surface area (Å²) in [6, 6.07) is -0.331. The average molecular weight is 288 g/mol. The number of alkyl halides is 1. The topological polar surface area (TPSA) is 55.4 Å². The second-order valence-electron chi connectivity index (χ2n) is 4.13. The fourth-order valence-electron chi connectivity index (χ4n) is 1.52. The van der Waals surface area contributed by atoms with Crippen molar-refractivity contribution < 1.29 is 14.3 Å². The third-order valence-corrected chi connectivity index (χ3v) is 2.77. The van der Waals surface area contributed by atoms with Crippen LogP contribution in [0.25, 0.3) is 0 Å². The molecule has 19 heavy (non-hydrogen) atoms. The van der Waals surface area contributed by atoms with E-state index < -0.39 is 11.9 Å². The summed E-state index contributed by atoms with van der Waals surface area (Å²) in [4.78, 5) is 21.9. The monoisotopic (exact) mass is 287 g/mol. The average Bonchev–Trinajstić information content (AvgIpc) is 2.91. The minimum absolute atomic E-state index is 0.331. The molecule has 0 saturated carbocycles. The predicted molar refractivity (Wildman–Crippen MR) is 75.8 cm³/mol. The van der Waals surface area contributed by atoms with Crippen LogP contribution >= 0.6 is 11.6 Å². The highest BCUT2D eigenvalue weighted by atomic mass is 35.5. The van der Waals surface area contributed by atoms with Gasteiger partial charge in [0, 0.05) is 11.8 Å². The molecule has 0 amide bonds. The van der Waals surface area contributed by atoms with E-state index in [-0.39, 0.29) is 6.04 Å². The van der Waals surface area contributed by atoms with Gasteiger partial charge in [0.15, 0.2) is 0 Å². The summed E-state index contributed by atoms with van der Waals surface area (Å²) in [6.07, 6.45) is 5.40. The van der Waals surface area contributed by atoms with Crippen LogP contribution in [0.2, 0.25) is 0 Å². The molecule has 108 valence electrons. The molecular formula is C14H22ClNO3. The molecule has 1 atom stereocenters. The molecule has 4 nitrogen and oxygen atoms in total. The van der Waals surface area contributed by atoms with Crippen molar-refractivity contribution >= 4 is 23.5 Å². The van der Waals surface area contributed by atoms with Gasteiger partial charge >= 0.3 is 11.9 Å². The highest BCUT2D eigenvalue weighted by Crippen LogP contribution is 2.06. The molecule has 1 N–H and O–H groups in total. The van der Waals surface area contributed by atoms with Crippen LogP contribution in [-0.2, 0) is 14.3 Å². The summed E-state index contributed by atoms with van der Waals surface area (Å²) in [5.41, 5.74) is 0. The van der Waals surface area contributed by atoms with Crippen LogP contribution in [0.4, 0.5) is 0 Å². The highest BCUT2D eigenvalue weighted by Gasteiger charge is 2.24. The van der Waals surface area contributed by atoms with Crippen molar-refractivity contribution in [2.75, 3.05) is 12.4 Å². The Morgan fingerprint density at radius 3 is 2.58 bits per heavy atom. The van der Waals surface area contributed by atoms with Gasteiger partial charge in [-0.2, -0.15) is 0 Å². The molecular weight excluding hydrogens is 266 g/mol. The summed E-state index contributed by atoms with van der Waals surface area (Å²) in [6.45, 7) is 4.49. The van der Waals surface area contributed by atoms with Gasteiger partial charge in [0.25, 0.3) is 0 Å². The molecule has 0 spiro atoms. The van der Waals surface area contributed by atoms with E-state index in [1.165, 1.54) is 26.2 Å². The second kappa shape index (κ2) is 12.0. The van der Waals surface area contributed by atoms with Crippen molar-refractivity contribution in [3.05, 3.63) is 0 Å². The smallest absolute Gasteiger partial charge is 0.382 e. The van der Waals surface area contributed by atoms with E-state index >= 15 is 0 Å². The number of halogens is 1. The van der Waals surface area contributed by atoms with Crippen LogP contribution in [0.15, 0.2) is 0 Å². The number of esters is 2. The van der Waals surface area contributed by atoms with E-state index in [1.54, 1.807) is 0 Å². The molecule has 1 rings (SSSR count). The Hall–Kier alpha value is -1.05. The van der Waals surface area contributed by atoms with E-state index in [4.69, 9.17) is 11.6 Å². The fraction of sp³-hybridized carbons (Fsp3) is 0.714. The summed E-state index contributed by atoms with van der Waals surface area (Å²) in [5, 5.41) is 2.93. The Labute approximate surface area is 120 Å². The molecule has 0 aliphatic carbocycles. The quantitative estimate of drug-likeness (QED) is 0.215. The minimum atomic E-state index is -0.777. The minimum Gasteiger partial charge on any atom is -0.382 e. The summed E-state index contributed by atoms with van der Waals surface area (Å²) in [5.74, 6) is 4.03. The number of rotatable bonds is 4. The molecule has 1 aliphatic rings. The van der Waals surface area contributed by atoms with E-state index in [1.807, 2.05) is 0 Å². The Morgan fingerprint density at radius 1 is 1.42 bits per heavy atom. The SMILES string of the molecule is CC#CC(=O)OC(=O)[C@@H]1CCCN1.CCCCCCl. The van der Waals surface area contributed by atoms with Crippen molar-refractivity contribution in [3.63, 3.8) is 0 Å². The van der Waals surface area contributed by atoms with E-state index in [0.717, 1.165) is 25.3 Å². The van der Waals surface area contributed by atoms with Gasteiger partial charge in [0.2, 0.25) is 0 Å². The summed E-state index contributed by atoms with van der Waals surface area (Å²) < 4.78 is 4.46. The molecule has 0 bridgehead atoms. The molecule has 0 radical (unpaired) electrons. The first-order valence-electron chi connectivity index (χ1n) is 6.63. The number of carbonyl (C=O) groups excluding carboxylic acids is 2. The van der Waals surface area contributed by atoms with Crippen LogP contribution in [0, 0.1) is 11.8 Å². The molecule has 1 fully saturated rings. The van der Waals surface area contributed by atoms with Crippen LogP contribution in [-0.4, -0.2) is 30.4 Å². The molecule has 5 heteroatoms. The van der Waals surface area contributed by atoms with Gasteiger partial charge in [-0.3, -0.25) is 0 Å². The molecule has 0 unspecified atom stereocenters. The van der Waals surface area contributed by atoms with Gasteiger partial charge in [0.1, 0.15) is 6.04 Å². The number of hydrogen-bond donors (Lipinski definition) is 1. The first-order chi connectivity index (χ1) is 9.15. The molecule has 1 heterocycles. The molecule has 0 aromatic rings. The lowest BCUT2D eigenvalue weighted by molar-refractivity contribution is -0.156. The fourth-order valence-corrected chi connectivity index (χ4v) is 1.71. The third-order valence-electron chi connectivity index (χ3n) is 2.50. The Morgan fingerprint density at radius 2 is 2.16 bits per heavy atom. The van der Waals surface area contributed by atoms with Gasteiger partial charge < -0.3 is 10.1 Å². The van der Waals surface area contributed by atoms with Crippen LogP contribution < -0.4 is 5.32 Å². The van der Waals surface area contributed by atoms with E-state index in [0.29, 0.717) is 0 Å². The van der Waals surface area contributed by atoms with Crippen molar-refractivity contribution in [3.8, 4) is 11.8 Å². The van der Waals surface area contributed by atoms with Gasteiger partial charge in [-0.15, -0.1) is 11.6 Å². The number of ether oxygens (including phenoxy) is 1. The van der Waals surface area contributed by atoms with Crippen molar-refractivity contribution in [1.29, 1.82) is 0 Å². The van der Waals surface area contributed by atoms with Crippen LogP contribution in [0.3, 0.4) is 0 Å². The third kappa shape index (κ3) is 9.52. The standard InChI is InChI=1S/C9H11NO3.C5H11Cl/c1-2-4-8(11)13-9(12)7-5-3-6-10-7;1-2-3-4-5-6/h7,10H,3,5-6H2,1H3;2-5H2,1H3/t7-;/m0./s1. The maximum absolute atomic E-state index is 11.2. The van der Waals surface area contributed by atoms with Gasteiger partial charge in [-0.1, -0.05) is 25.7 Å². The van der Waals surface area contributed by atoms with Gasteiger partial charge in [-0.25, -0.2) is 9.59 Å². The van der Waals surface area contributed by atoms with Crippen LogP contribution in [0.5, 0.6) is 0 Å². The Kier molecular flexibility index (Phi) is 11.3. The van der Waals surface area contributed by atoms with Crippen LogP contribution in [0.1, 0.15) is 46.0 Å².